The fourth-order valence-corrected chi connectivity index (χ4v) is 4.14. The molecule has 3 rings (SSSR count). The summed E-state index contributed by atoms with van der Waals surface area (Å²) in [5, 5.41) is 0. The van der Waals surface area contributed by atoms with Crippen molar-refractivity contribution in [3.63, 3.8) is 0 Å². The van der Waals surface area contributed by atoms with Gasteiger partial charge in [-0.2, -0.15) is 52.7 Å². The molecule has 7 unspecified atom stereocenters. The lowest BCUT2D eigenvalue weighted by Crippen LogP contribution is -2.51. The van der Waals surface area contributed by atoms with Crippen molar-refractivity contribution in [2.75, 3.05) is 0 Å². The average Bonchev–Trinajstić information content (AvgIpc) is 3.33. The quantitative estimate of drug-likeness (QED) is 0.252. The largest absolute Gasteiger partial charge is 0.456 e. The first kappa shape index (κ1) is 32.0. The zero-order valence-electron chi connectivity index (χ0n) is 19.5. The summed E-state index contributed by atoms with van der Waals surface area (Å²) in [4.78, 5) is 36.4. The third-order valence-electron chi connectivity index (χ3n) is 6.00. The summed E-state index contributed by atoms with van der Waals surface area (Å²) in [6.45, 7) is 1.94. The maximum atomic E-state index is 12.9. The van der Waals surface area contributed by atoms with E-state index in [2.05, 4.69) is 9.47 Å². The molecule has 0 N–H and O–H groups in total. The maximum Gasteiger partial charge on any atom is 0.434 e. The van der Waals surface area contributed by atoms with Gasteiger partial charge in [-0.3, -0.25) is 14.4 Å². The van der Waals surface area contributed by atoms with E-state index in [1.165, 1.54) is 6.92 Å². The molecule has 40 heavy (non-hydrogen) atoms. The van der Waals surface area contributed by atoms with E-state index in [0.717, 1.165) is 0 Å². The van der Waals surface area contributed by atoms with Crippen LogP contribution in [0.4, 0.5) is 52.7 Å². The van der Waals surface area contributed by atoms with Crippen molar-refractivity contribution in [2.45, 2.75) is 87.6 Å². The van der Waals surface area contributed by atoms with Crippen LogP contribution in [-0.2, 0) is 42.8 Å². The summed E-state index contributed by atoms with van der Waals surface area (Å²) < 4.78 is 182. The van der Waals surface area contributed by atoms with Crippen molar-refractivity contribution in [3.8, 4) is 0 Å². The zero-order valence-corrected chi connectivity index (χ0v) is 19.5. The molecule has 0 bridgehead atoms. The summed E-state index contributed by atoms with van der Waals surface area (Å²) in [6.07, 6.45) is -42.3. The monoisotopic (exact) mass is 616 g/mol. The Kier molecular flexibility index (Phi) is 8.05. The van der Waals surface area contributed by atoms with Crippen LogP contribution in [0.15, 0.2) is 0 Å². The summed E-state index contributed by atoms with van der Waals surface area (Å²) in [7, 11) is 0. The van der Waals surface area contributed by atoms with Gasteiger partial charge in [-0.1, -0.05) is 0 Å². The summed E-state index contributed by atoms with van der Waals surface area (Å²) >= 11 is 0. The van der Waals surface area contributed by atoms with Crippen molar-refractivity contribution < 1.29 is 95.5 Å². The molecular formula is C19H16F12O9. The van der Waals surface area contributed by atoms with E-state index in [9.17, 15) is 67.1 Å². The molecular weight excluding hydrogens is 600 g/mol. The number of ether oxygens (including phenoxy) is 6. The molecule has 3 aliphatic rings. The normalized spacial score (nSPS) is 31.7. The third kappa shape index (κ3) is 6.34. The molecule has 0 aromatic rings. The molecule has 3 fully saturated rings. The molecule has 230 valence electrons. The Hall–Kier alpha value is -2.55. The fourth-order valence-electron chi connectivity index (χ4n) is 4.14. The van der Waals surface area contributed by atoms with Gasteiger partial charge in [0.2, 0.25) is 0 Å². The van der Waals surface area contributed by atoms with Crippen LogP contribution in [0.25, 0.3) is 0 Å². The first-order valence-electron chi connectivity index (χ1n) is 10.7. The van der Waals surface area contributed by atoms with Gasteiger partial charge >= 0.3 is 42.6 Å². The van der Waals surface area contributed by atoms with E-state index >= 15 is 0 Å². The van der Waals surface area contributed by atoms with E-state index in [1.807, 2.05) is 0 Å². The van der Waals surface area contributed by atoms with Gasteiger partial charge < -0.3 is 28.4 Å². The number of rotatable bonds is 6. The van der Waals surface area contributed by atoms with E-state index in [4.69, 9.17) is 18.9 Å². The lowest BCUT2D eigenvalue weighted by atomic mass is 9.95. The van der Waals surface area contributed by atoms with E-state index in [1.54, 1.807) is 0 Å². The van der Waals surface area contributed by atoms with Gasteiger partial charge in [0, 0.05) is 0 Å². The minimum atomic E-state index is -6.30. The highest BCUT2D eigenvalue weighted by Gasteiger charge is 2.67. The number of esters is 3. The van der Waals surface area contributed by atoms with Gasteiger partial charge in [0.15, 0.2) is 24.3 Å². The van der Waals surface area contributed by atoms with Crippen LogP contribution >= 0.6 is 0 Å². The van der Waals surface area contributed by atoms with Crippen LogP contribution in [0.3, 0.4) is 0 Å². The highest BCUT2D eigenvalue weighted by molar-refractivity contribution is 5.81. The van der Waals surface area contributed by atoms with Gasteiger partial charge in [0.1, 0.15) is 12.0 Å². The van der Waals surface area contributed by atoms with Crippen molar-refractivity contribution in [1.82, 2.24) is 0 Å². The lowest BCUT2D eigenvalue weighted by molar-refractivity contribution is -0.320. The highest BCUT2D eigenvalue weighted by atomic mass is 19.4. The first-order chi connectivity index (χ1) is 17.9. The van der Waals surface area contributed by atoms with Crippen LogP contribution < -0.4 is 0 Å². The van der Waals surface area contributed by atoms with E-state index < -0.39 is 103 Å². The maximum absolute atomic E-state index is 12.9. The predicted octanol–water partition coefficient (Wildman–Crippen LogP) is 3.48. The molecule has 0 spiro atoms. The smallest absolute Gasteiger partial charge is 0.434 e. The van der Waals surface area contributed by atoms with Crippen LogP contribution in [0.5, 0.6) is 0 Å². The number of alkyl halides is 12. The van der Waals surface area contributed by atoms with Gasteiger partial charge in [0.25, 0.3) is 12.2 Å². The molecule has 3 heterocycles. The van der Waals surface area contributed by atoms with Crippen molar-refractivity contribution in [3.05, 3.63) is 0 Å². The van der Waals surface area contributed by atoms with Crippen LogP contribution in [0.2, 0.25) is 0 Å². The standard InChI is InChI=1S/C19H16F12O9/c1-4-7-8(36-10(4)33)9-12(37-7)40-15(2,39-9)5(11(34)38-14(18(26,27)28)19(29,30)31)3-6(32)35-13(16(20,21)22)17(23,24)25/h4-5,7-9,12-14H,3H2,1-2H3. The lowest BCUT2D eigenvalue weighted by Gasteiger charge is -2.34. The number of carbonyl (C=O) groups is 3. The van der Waals surface area contributed by atoms with Crippen molar-refractivity contribution in [1.29, 1.82) is 0 Å². The molecule has 9 nitrogen and oxygen atoms in total. The minimum absolute atomic E-state index is 0.601. The minimum Gasteiger partial charge on any atom is -0.456 e. The molecule has 3 aliphatic heterocycles. The van der Waals surface area contributed by atoms with Crippen molar-refractivity contribution in [2.24, 2.45) is 11.8 Å². The number of carbonyl (C=O) groups excluding carboxylic acids is 3. The van der Waals surface area contributed by atoms with Gasteiger partial charge in [0.05, 0.1) is 12.3 Å². The second kappa shape index (κ2) is 10.1. The SMILES string of the molecule is CC1C(=O)OC2C3OC(C)(C(CC(=O)OC(C(F)(F)F)C(F)(F)F)C(=O)OC(C(F)(F)F)C(F)(F)F)OC3OC12. The Labute approximate surface area is 213 Å². The summed E-state index contributed by atoms with van der Waals surface area (Å²) in [5.74, 6) is -12.7. The Bertz CT molecular complexity index is 979. The molecule has 0 aliphatic carbocycles. The Morgan fingerprint density at radius 3 is 1.75 bits per heavy atom. The van der Waals surface area contributed by atoms with E-state index in [0.29, 0.717) is 6.92 Å². The number of hydrogen-bond donors (Lipinski definition) is 0. The Morgan fingerprint density at radius 1 is 0.800 bits per heavy atom. The molecule has 0 aromatic heterocycles. The third-order valence-corrected chi connectivity index (χ3v) is 6.00. The van der Waals surface area contributed by atoms with E-state index in [-0.39, 0.29) is 0 Å². The number of hydrogen-bond acceptors (Lipinski definition) is 9. The Balaban J connectivity index is 1.91. The predicted molar refractivity (Wildman–Crippen MR) is 94.2 cm³/mol. The second-order valence-corrected chi connectivity index (χ2v) is 8.99. The first-order valence-corrected chi connectivity index (χ1v) is 10.7. The molecule has 0 radical (unpaired) electrons. The number of halogens is 12. The molecule has 0 aromatic carbocycles. The summed E-state index contributed by atoms with van der Waals surface area (Å²) in [5.41, 5.74) is 0. The molecule has 0 saturated carbocycles. The van der Waals surface area contributed by atoms with Gasteiger partial charge in [-0.15, -0.1) is 0 Å². The van der Waals surface area contributed by atoms with Gasteiger partial charge in [-0.05, 0) is 13.8 Å². The van der Waals surface area contributed by atoms with Crippen LogP contribution in [0.1, 0.15) is 20.3 Å². The van der Waals surface area contributed by atoms with Gasteiger partial charge in [-0.25, -0.2) is 0 Å². The number of fused-ring (bicyclic) bond motifs is 3. The topological polar surface area (TPSA) is 107 Å². The Morgan fingerprint density at radius 2 is 1.27 bits per heavy atom. The molecule has 7 atom stereocenters. The zero-order chi connectivity index (χ0) is 30.8. The second-order valence-electron chi connectivity index (χ2n) is 8.99. The fraction of sp³-hybridized carbons (Fsp3) is 0.842. The van der Waals surface area contributed by atoms with Crippen LogP contribution in [-0.4, -0.2) is 85.2 Å². The van der Waals surface area contributed by atoms with Crippen LogP contribution in [0, 0.1) is 11.8 Å². The van der Waals surface area contributed by atoms with Crippen molar-refractivity contribution >= 4 is 17.9 Å². The summed E-state index contributed by atoms with van der Waals surface area (Å²) in [6, 6.07) is 0. The molecule has 0 amide bonds. The molecule has 21 heteroatoms. The highest BCUT2D eigenvalue weighted by Crippen LogP contribution is 2.48. The molecule has 3 saturated heterocycles. The average molecular weight is 616 g/mol.